The number of sulfonamides is 1. The Kier molecular flexibility index (Phi) is 5.08. The molecule has 1 rings (SSSR count). The van der Waals surface area contributed by atoms with Crippen LogP contribution in [0, 0.1) is 0 Å². The molecule has 6 heteroatoms. The van der Waals surface area contributed by atoms with E-state index in [-0.39, 0.29) is 17.9 Å². The van der Waals surface area contributed by atoms with Gasteiger partial charge in [0.1, 0.15) is 0 Å². The van der Waals surface area contributed by atoms with Crippen LogP contribution in [-0.4, -0.2) is 37.4 Å². The number of carboxylic acids is 1. The van der Waals surface area contributed by atoms with Crippen molar-refractivity contribution in [1.29, 1.82) is 0 Å². The summed E-state index contributed by atoms with van der Waals surface area (Å²) >= 11 is 0. The van der Waals surface area contributed by atoms with Gasteiger partial charge in [-0.1, -0.05) is 26.0 Å². The predicted octanol–water partition coefficient (Wildman–Crippen LogP) is 1.91. The first-order valence-electron chi connectivity index (χ1n) is 6.03. The van der Waals surface area contributed by atoms with Crippen molar-refractivity contribution in [2.45, 2.75) is 31.1 Å². The van der Waals surface area contributed by atoms with E-state index in [1.807, 2.05) is 13.8 Å². The van der Waals surface area contributed by atoms with Crippen molar-refractivity contribution < 1.29 is 18.3 Å². The summed E-state index contributed by atoms with van der Waals surface area (Å²) in [5, 5.41) is 8.57. The van der Waals surface area contributed by atoms with Gasteiger partial charge in [0.15, 0.2) is 0 Å². The summed E-state index contributed by atoms with van der Waals surface area (Å²) in [4.78, 5) is 10.7. The normalized spacial score (nSPS) is 12.1. The highest BCUT2D eigenvalue weighted by Gasteiger charge is 2.21. The summed E-state index contributed by atoms with van der Waals surface area (Å²) in [6.45, 7) is 4.02. The molecule has 0 bridgehead atoms. The van der Waals surface area contributed by atoms with E-state index >= 15 is 0 Å². The summed E-state index contributed by atoms with van der Waals surface area (Å²) in [6.07, 6.45) is -0.209. The molecular formula is C13H19NO4S. The summed E-state index contributed by atoms with van der Waals surface area (Å²) in [5.74, 6) is -0.682. The molecule has 0 aliphatic rings. The Morgan fingerprint density at radius 2 is 1.79 bits per heavy atom. The van der Waals surface area contributed by atoms with Crippen molar-refractivity contribution in [2.24, 2.45) is 0 Å². The van der Waals surface area contributed by atoms with E-state index in [9.17, 15) is 13.2 Å². The van der Waals surface area contributed by atoms with Crippen LogP contribution in [0.15, 0.2) is 29.2 Å². The fraction of sp³-hybridized carbons (Fsp3) is 0.462. The standard InChI is InChI=1S/C13H19NO4S/c1-10(2)11-4-6-12(7-5-11)19(17,18)14(3)9-8-13(15)16/h4-7,10H,8-9H2,1-3H3,(H,15,16). The van der Waals surface area contributed by atoms with Gasteiger partial charge >= 0.3 is 5.97 Å². The van der Waals surface area contributed by atoms with Crippen LogP contribution in [0.3, 0.4) is 0 Å². The zero-order valence-corrected chi connectivity index (χ0v) is 12.1. The van der Waals surface area contributed by atoms with Crippen molar-refractivity contribution in [3.63, 3.8) is 0 Å². The molecule has 0 amide bonds. The number of hydrogen-bond donors (Lipinski definition) is 1. The van der Waals surface area contributed by atoms with Gasteiger partial charge in [0.25, 0.3) is 0 Å². The molecule has 106 valence electrons. The summed E-state index contributed by atoms with van der Waals surface area (Å²) in [6, 6.07) is 6.68. The van der Waals surface area contributed by atoms with Crippen LogP contribution < -0.4 is 0 Å². The van der Waals surface area contributed by atoms with Crippen LogP contribution >= 0.6 is 0 Å². The van der Waals surface area contributed by atoms with E-state index in [0.29, 0.717) is 5.92 Å². The van der Waals surface area contributed by atoms with Crippen LogP contribution in [0.1, 0.15) is 31.7 Å². The molecule has 19 heavy (non-hydrogen) atoms. The zero-order valence-electron chi connectivity index (χ0n) is 11.3. The number of carboxylic acid groups (broad SMARTS) is 1. The smallest absolute Gasteiger partial charge is 0.304 e. The molecule has 0 heterocycles. The first kappa shape index (κ1) is 15.7. The van der Waals surface area contributed by atoms with Gasteiger partial charge in [-0.15, -0.1) is 0 Å². The Labute approximate surface area is 113 Å². The Morgan fingerprint density at radius 3 is 2.21 bits per heavy atom. The van der Waals surface area contributed by atoms with E-state index < -0.39 is 16.0 Å². The molecule has 5 nitrogen and oxygen atoms in total. The predicted molar refractivity (Wildman–Crippen MR) is 72.6 cm³/mol. The number of rotatable bonds is 6. The van der Waals surface area contributed by atoms with Gasteiger partial charge in [-0.05, 0) is 23.6 Å². The highest BCUT2D eigenvalue weighted by atomic mass is 32.2. The maximum atomic E-state index is 12.2. The summed E-state index contributed by atoms with van der Waals surface area (Å²) < 4.78 is 25.4. The number of aliphatic carboxylic acids is 1. The molecule has 0 saturated heterocycles. The van der Waals surface area contributed by atoms with Gasteiger partial charge in [-0.2, -0.15) is 0 Å². The molecule has 0 fully saturated rings. The lowest BCUT2D eigenvalue weighted by atomic mass is 10.0. The maximum Gasteiger partial charge on any atom is 0.304 e. The molecule has 1 aromatic carbocycles. The van der Waals surface area contributed by atoms with Crippen molar-refractivity contribution in [2.75, 3.05) is 13.6 Å². The lowest BCUT2D eigenvalue weighted by molar-refractivity contribution is -0.137. The molecule has 0 aliphatic heterocycles. The Balaban J connectivity index is 2.90. The lowest BCUT2D eigenvalue weighted by Crippen LogP contribution is -2.29. The molecular weight excluding hydrogens is 266 g/mol. The third kappa shape index (κ3) is 4.04. The number of carbonyl (C=O) groups is 1. The molecule has 0 radical (unpaired) electrons. The highest BCUT2D eigenvalue weighted by molar-refractivity contribution is 7.89. The fourth-order valence-corrected chi connectivity index (χ4v) is 2.75. The largest absolute Gasteiger partial charge is 0.481 e. The molecule has 0 aliphatic carbocycles. The van der Waals surface area contributed by atoms with Crippen molar-refractivity contribution in [3.05, 3.63) is 29.8 Å². The average Bonchev–Trinajstić information content (AvgIpc) is 2.35. The van der Waals surface area contributed by atoms with E-state index in [0.717, 1.165) is 9.87 Å². The summed E-state index contributed by atoms with van der Waals surface area (Å²) in [7, 11) is -2.22. The van der Waals surface area contributed by atoms with Crippen LogP contribution in [-0.2, 0) is 14.8 Å². The van der Waals surface area contributed by atoms with Crippen molar-refractivity contribution in [3.8, 4) is 0 Å². The molecule has 0 spiro atoms. The van der Waals surface area contributed by atoms with Gasteiger partial charge in [-0.25, -0.2) is 12.7 Å². The quantitative estimate of drug-likeness (QED) is 0.866. The van der Waals surface area contributed by atoms with E-state index in [1.54, 1.807) is 24.3 Å². The Bertz CT molecular complexity index is 534. The number of benzene rings is 1. The van der Waals surface area contributed by atoms with Crippen LogP contribution in [0.2, 0.25) is 0 Å². The molecule has 0 saturated carbocycles. The van der Waals surface area contributed by atoms with Gasteiger partial charge in [-0.3, -0.25) is 4.79 Å². The Hall–Kier alpha value is -1.40. The first-order chi connectivity index (χ1) is 8.75. The van der Waals surface area contributed by atoms with Crippen LogP contribution in [0.4, 0.5) is 0 Å². The van der Waals surface area contributed by atoms with Gasteiger partial charge in [0.2, 0.25) is 10.0 Å². The van der Waals surface area contributed by atoms with Crippen LogP contribution in [0.25, 0.3) is 0 Å². The second-order valence-corrected chi connectivity index (χ2v) is 6.74. The maximum absolute atomic E-state index is 12.2. The van der Waals surface area contributed by atoms with Crippen molar-refractivity contribution >= 4 is 16.0 Å². The molecule has 1 N–H and O–H groups in total. The molecule has 0 aromatic heterocycles. The molecule has 0 atom stereocenters. The molecule has 1 aromatic rings. The van der Waals surface area contributed by atoms with Crippen LogP contribution in [0.5, 0.6) is 0 Å². The van der Waals surface area contributed by atoms with Crippen molar-refractivity contribution in [1.82, 2.24) is 4.31 Å². The van der Waals surface area contributed by atoms with E-state index in [1.165, 1.54) is 7.05 Å². The summed E-state index contributed by atoms with van der Waals surface area (Å²) in [5.41, 5.74) is 1.06. The minimum atomic E-state index is -3.61. The second kappa shape index (κ2) is 6.16. The second-order valence-electron chi connectivity index (χ2n) is 4.69. The number of hydrogen-bond acceptors (Lipinski definition) is 3. The first-order valence-corrected chi connectivity index (χ1v) is 7.47. The molecule has 0 unspecified atom stereocenters. The zero-order chi connectivity index (χ0) is 14.6. The topological polar surface area (TPSA) is 74.7 Å². The van der Waals surface area contributed by atoms with E-state index in [4.69, 9.17) is 5.11 Å². The minimum absolute atomic E-state index is 0.0381. The highest BCUT2D eigenvalue weighted by Crippen LogP contribution is 2.19. The Morgan fingerprint density at radius 1 is 1.26 bits per heavy atom. The SMILES string of the molecule is CC(C)c1ccc(S(=O)(=O)N(C)CCC(=O)O)cc1. The minimum Gasteiger partial charge on any atom is -0.481 e. The fourth-order valence-electron chi connectivity index (χ4n) is 1.58. The van der Waals surface area contributed by atoms with E-state index in [2.05, 4.69) is 0 Å². The monoisotopic (exact) mass is 285 g/mol. The number of nitrogens with zero attached hydrogens (tertiary/aromatic N) is 1. The van der Waals surface area contributed by atoms with Gasteiger partial charge < -0.3 is 5.11 Å². The average molecular weight is 285 g/mol. The van der Waals surface area contributed by atoms with Gasteiger partial charge in [0, 0.05) is 13.6 Å². The lowest BCUT2D eigenvalue weighted by Gasteiger charge is -2.16. The van der Waals surface area contributed by atoms with Gasteiger partial charge in [0.05, 0.1) is 11.3 Å². The third-order valence-corrected chi connectivity index (χ3v) is 4.77. The third-order valence-electron chi connectivity index (χ3n) is 2.90.